The fourth-order valence-electron chi connectivity index (χ4n) is 3.77. The van der Waals surface area contributed by atoms with Gasteiger partial charge in [0.15, 0.2) is 5.78 Å². The van der Waals surface area contributed by atoms with Crippen molar-refractivity contribution in [2.24, 2.45) is 5.92 Å². The van der Waals surface area contributed by atoms with E-state index in [4.69, 9.17) is 0 Å². The van der Waals surface area contributed by atoms with Gasteiger partial charge in [-0.25, -0.2) is 4.39 Å². The van der Waals surface area contributed by atoms with E-state index in [0.29, 0.717) is 24.6 Å². The van der Waals surface area contributed by atoms with Gasteiger partial charge in [-0.2, -0.15) is 5.10 Å². The minimum Gasteiger partial charge on any atom is -0.340 e. The fraction of sp³-hybridized carbons (Fsp3) is 0.476. The van der Waals surface area contributed by atoms with Crippen LogP contribution in [0.5, 0.6) is 0 Å². The summed E-state index contributed by atoms with van der Waals surface area (Å²) >= 11 is 0. The van der Waals surface area contributed by atoms with Crippen LogP contribution < -0.4 is 0 Å². The van der Waals surface area contributed by atoms with Crippen molar-refractivity contribution >= 4 is 11.7 Å². The van der Waals surface area contributed by atoms with E-state index in [-0.39, 0.29) is 23.2 Å². The number of aromatic amines is 1. The molecule has 2 heterocycles. The Morgan fingerprint density at radius 3 is 2.86 bits per heavy atom. The molecule has 0 aliphatic carbocycles. The molecule has 1 saturated heterocycles. The van der Waals surface area contributed by atoms with Crippen LogP contribution in [0.4, 0.5) is 4.39 Å². The number of aromatic nitrogens is 2. The van der Waals surface area contributed by atoms with Crippen molar-refractivity contribution in [2.45, 2.75) is 26.2 Å². The molecule has 0 bridgehead atoms. The van der Waals surface area contributed by atoms with E-state index < -0.39 is 0 Å². The lowest BCUT2D eigenvalue weighted by molar-refractivity contribution is 0.0724. The Balaban J connectivity index is 1.51. The highest BCUT2D eigenvalue weighted by molar-refractivity contribution is 5.97. The van der Waals surface area contributed by atoms with Crippen LogP contribution in [0.25, 0.3) is 0 Å². The number of carbonyl (C=O) groups is 2. The molecule has 1 fully saturated rings. The molecule has 6 nitrogen and oxygen atoms in total. The van der Waals surface area contributed by atoms with Crippen LogP contribution in [-0.4, -0.2) is 64.9 Å². The molecular formula is C21H27FN4O2. The van der Waals surface area contributed by atoms with E-state index in [2.05, 4.69) is 15.1 Å². The first-order valence-electron chi connectivity index (χ1n) is 9.71. The number of halogens is 1. The molecule has 0 spiro atoms. The Morgan fingerprint density at radius 2 is 2.14 bits per heavy atom. The van der Waals surface area contributed by atoms with Crippen molar-refractivity contribution in [3.05, 3.63) is 53.1 Å². The molecule has 0 saturated carbocycles. The van der Waals surface area contributed by atoms with Crippen molar-refractivity contribution in [3.63, 3.8) is 0 Å². The van der Waals surface area contributed by atoms with Gasteiger partial charge in [0.05, 0.1) is 0 Å². The van der Waals surface area contributed by atoms with Gasteiger partial charge in [0, 0.05) is 33.6 Å². The van der Waals surface area contributed by atoms with Gasteiger partial charge >= 0.3 is 0 Å². The highest BCUT2D eigenvalue weighted by Gasteiger charge is 2.24. The van der Waals surface area contributed by atoms with E-state index in [1.54, 1.807) is 18.0 Å². The number of carbonyl (C=O) groups excluding carboxylic acids is 2. The monoisotopic (exact) mass is 386 g/mol. The fourth-order valence-corrected chi connectivity index (χ4v) is 3.77. The Hall–Kier alpha value is -2.54. The normalized spacial score (nSPS) is 17.5. The molecule has 7 heteroatoms. The zero-order valence-electron chi connectivity index (χ0n) is 16.4. The van der Waals surface area contributed by atoms with E-state index in [9.17, 15) is 14.0 Å². The Bertz CT molecular complexity index is 835. The minimum absolute atomic E-state index is 0.147. The second-order valence-corrected chi connectivity index (χ2v) is 7.56. The second-order valence-electron chi connectivity index (χ2n) is 7.56. The minimum atomic E-state index is -0.171. The Labute approximate surface area is 164 Å². The zero-order chi connectivity index (χ0) is 20.1. The Morgan fingerprint density at radius 1 is 1.36 bits per heavy atom. The molecule has 150 valence electrons. The maximum Gasteiger partial charge on any atom is 0.271 e. The number of H-pyrrole nitrogens is 1. The number of hydrogen-bond acceptors (Lipinski definition) is 4. The molecule has 1 aliphatic rings. The van der Waals surface area contributed by atoms with Gasteiger partial charge in [-0.05, 0) is 49.4 Å². The van der Waals surface area contributed by atoms with Gasteiger partial charge in [-0.3, -0.25) is 14.7 Å². The van der Waals surface area contributed by atoms with Gasteiger partial charge < -0.3 is 9.80 Å². The molecule has 1 amide bonds. The maximum absolute atomic E-state index is 13.8. The first-order valence-corrected chi connectivity index (χ1v) is 9.71. The van der Waals surface area contributed by atoms with Crippen LogP contribution in [0, 0.1) is 11.7 Å². The van der Waals surface area contributed by atoms with Crippen molar-refractivity contribution in [1.82, 2.24) is 20.0 Å². The van der Waals surface area contributed by atoms with Gasteiger partial charge in [-0.1, -0.05) is 18.2 Å². The van der Waals surface area contributed by atoms with Crippen LogP contribution in [-0.2, 0) is 6.42 Å². The first kappa shape index (κ1) is 20.2. The second kappa shape index (κ2) is 9.10. The lowest BCUT2D eigenvalue weighted by Gasteiger charge is -2.34. The number of benzene rings is 1. The number of likely N-dealkylation sites (tertiary alicyclic amines) is 1. The summed E-state index contributed by atoms with van der Waals surface area (Å²) in [6.45, 7) is 4.78. The molecule has 1 atom stereocenters. The molecule has 1 aliphatic heterocycles. The number of ketones is 1. The average molecular weight is 386 g/mol. The zero-order valence-corrected chi connectivity index (χ0v) is 16.4. The molecule has 3 rings (SSSR count). The third kappa shape index (κ3) is 5.04. The van der Waals surface area contributed by atoms with Crippen molar-refractivity contribution in [3.8, 4) is 0 Å². The number of rotatable bonds is 7. The average Bonchev–Trinajstić information content (AvgIpc) is 3.17. The highest BCUT2D eigenvalue weighted by atomic mass is 19.1. The van der Waals surface area contributed by atoms with Gasteiger partial charge in [-0.15, -0.1) is 0 Å². The molecule has 1 N–H and O–H groups in total. The van der Waals surface area contributed by atoms with Crippen LogP contribution in [0.1, 0.15) is 46.3 Å². The summed E-state index contributed by atoms with van der Waals surface area (Å²) in [6.07, 6.45) is 2.83. The largest absolute Gasteiger partial charge is 0.340 e. The molecule has 1 aromatic carbocycles. The number of Topliss-reactive ketones (excluding diaryl/α,β-unsaturated/α-hetero) is 1. The third-order valence-corrected chi connectivity index (χ3v) is 5.31. The number of nitrogens with one attached hydrogen (secondary N) is 1. The summed E-state index contributed by atoms with van der Waals surface area (Å²) in [5, 5.41) is 6.53. The first-order chi connectivity index (χ1) is 13.4. The highest BCUT2D eigenvalue weighted by Crippen LogP contribution is 2.19. The van der Waals surface area contributed by atoms with E-state index in [0.717, 1.165) is 38.0 Å². The van der Waals surface area contributed by atoms with E-state index in [1.165, 1.54) is 19.1 Å². The summed E-state index contributed by atoms with van der Waals surface area (Å²) in [5.41, 5.74) is 1.35. The van der Waals surface area contributed by atoms with Crippen molar-refractivity contribution in [2.75, 3.05) is 33.2 Å². The van der Waals surface area contributed by atoms with Gasteiger partial charge in [0.2, 0.25) is 0 Å². The Kier molecular flexibility index (Phi) is 6.57. The smallest absolute Gasteiger partial charge is 0.271 e. The topological polar surface area (TPSA) is 69.3 Å². The summed E-state index contributed by atoms with van der Waals surface area (Å²) in [5.74, 6) is -0.108. The summed E-state index contributed by atoms with van der Waals surface area (Å²) in [4.78, 5) is 28.0. The van der Waals surface area contributed by atoms with Crippen molar-refractivity contribution in [1.29, 1.82) is 0 Å². The number of nitrogens with zero attached hydrogens (tertiary/aromatic N) is 3. The summed E-state index contributed by atoms with van der Waals surface area (Å²) in [7, 11) is 1.77. The molecule has 1 unspecified atom stereocenters. The molecule has 1 aromatic heterocycles. The van der Waals surface area contributed by atoms with Crippen LogP contribution >= 0.6 is 0 Å². The summed E-state index contributed by atoms with van der Waals surface area (Å²) in [6, 6.07) is 8.42. The van der Waals surface area contributed by atoms with Crippen LogP contribution in [0.15, 0.2) is 30.3 Å². The third-order valence-electron chi connectivity index (χ3n) is 5.31. The van der Waals surface area contributed by atoms with Crippen LogP contribution in [0.2, 0.25) is 0 Å². The number of hydrogen-bond donors (Lipinski definition) is 1. The standard InChI is InChI=1S/C21H27FN4O2/c1-15(27)19-12-20(24-23-19)21(28)25(2)13-16-6-5-10-26(14-16)11-9-17-7-3-4-8-18(17)22/h3-4,7-8,12,16H,5-6,9-11,13-14H2,1-2H3,(H,23,24). The maximum atomic E-state index is 13.8. The van der Waals surface area contributed by atoms with Gasteiger partial charge in [0.25, 0.3) is 5.91 Å². The lowest BCUT2D eigenvalue weighted by atomic mass is 9.97. The number of amides is 1. The number of piperidine rings is 1. The molecular weight excluding hydrogens is 359 g/mol. The molecule has 28 heavy (non-hydrogen) atoms. The quantitative estimate of drug-likeness (QED) is 0.743. The predicted molar refractivity (Wildman–Crippen MR) is 105 cm³/mol. The summed E-state index contributed by atoms with van der Waals surface area (Å²) < 4.78 is 13.8. The molecule has 0 radical (unpaired) electrons. The molecule has 2 aromatic rings. The van der Waals surface area contributed by atoms with Crippen LogP contribution in [0.3, 0.4) is 0 Å². The van der Waals surface area contributed by atoms with Crippen molar-refractivity contribution < 1.29 is 14.0 Å². The SMILES string of the molecule is CC(=O)c1cc(C(=O)N(C)CC2CCCN(CCc3ccccc3F)C2)[nH]n1. The predicted octanol–water partition coefficient (Wildman–Crippen LogP) is 2.78. The van der Waals surface area contributed by atoms with E-state index >= 15 is 0 Å². The van der Waals surface area contributed by atoms with Gasteiger partial charge in [0.1, 0.15) is 17.2 Å². The van der Waals surface area contributed by atoms with E-state index in [1.807, 2.05) is 12.1 Å². The lowest BCUT2D eigenvalue weighted by Crippen LogP contribution is -2.42.